The summed E-state index contributed by atoms with van der Waals surface area (Å²) in [6.07, 6.45) is 1.72. The van der Waals surface area contributed by atoms with Gasteiger partial charge in [0.15, 0.2) is 0 Å². The Bertz CT molecular complexity index is 306. The molecule has 1 N–H and O–H groups in total. The number of carbonyl (C=O) groups excluding carboxylic acids is 1. The number of nitrogens with one attached hydrogen (secondary N) is 1. The van der Waals surface area contributed by atoms with Crippen LogP contribution in [0.15, 0.2) is 6.20 Å². The van der Waals surface area contributed by atoms with Crippen molar-refractivity contribution in [3.05, 3.63) is 16.7 Å². The number of rotatable bonds is 2. The number of nitrogens with zero attached hydrogens (tertiary/aromatic N) is 1. The Morgan fingerprint density at radius 2 is 2.50 bits per heavy atom. The van der Waals surface area contributed by atoms with E-state index in [1.54, 1.807) is 0 Å². The van der Waals surface area contributed by atoms with E-state index in [-0.39, 0.29) is 45.1 Å². The number of ether oxygens (including phenoxy) is 1. The van der Waals surface area contributed by atoms with Gasteiger partial charge in [0.2, 0.25) is 0 Å². The molecule has 4 nitrogen and oxygen atoms in total. The molecule has 0 bridgehead atoms. The smallest absolute Gasteiger partial charge is 0.309 e. The maximum Gasteiger partial charge on any atom is 0.309 e. The van der Waals surface area contributed by atoms with Crippen LogP contribution >= 0.6 is 12.2 Å². The van der Waals surface area contributed by atoms with Crippen molar-refractivity contribution in [3.63, 3.8) is 0 Å². The fraction of sp³-hybridized carbons (Fsp3) is 0.333. The molecule has 0 fully saturated rings. The summed E-state index contributed by atoms with van der Waals surface area (Å²) in [7, 11) is 1.34. The van der Waals surface area contributed by atoms with E-state index < -0.39 is 0 Å². The first-order valence-corrected chi connectivity index (χ1v) is 3.41. The predicted octanol–water partition coefficient (Wildman–Crippen LogP) is 0.414. The third-order valence-electron chi connectivity index (χ3n) is 1.17. The summed E-state index contributed by atoms with van der Waals surface area (Å²) in [6.45, 7) is 0. The fourth-order valence-electron chi connectivity index (χ4n) is 0.656. The van der Waals surface area contributed by atoms with E-state index in [1.807, 2.05) is 0 Å². The van der Waals surface area contributed by atoms with E-state index in [9.17, 15) is 4.79 Å². The molecule has 0 spiro atoms. The van der Waals surface area contributed by atoms with Gasteiger partial charge in [0, 0.05) is 37.5 Å². The first kappa shape index (κ1) is 12.0. The van der Waals surface area contributed by atoms with E-state index in [1.165, 1.54) is 13.3 Å². The van der Waals surface area contributed by atoms with Crippen LogP contribution in [0.25, 0.3) is 0 Å². The Labute approximate surface area is 100.0 Å². The van der Waals surface area contributed by atoms with E-state index in [0.29, 0.717) is 10.5 Å². The zero-order valence-electron chi connectivity index (χ0n) is 6.53. The Morgan fingerprint density at radius 1 is 1.83 bits per heavy atom. The van der Waals surface area contributed by atoms with Gasteiger partial charge in [-0.3, -0.25) is 4.79 Å². The molecule has 63 valence electrons. The molecule has 1 heterocycles. The number of esters is 1. The first-order chi connectivity index (χ1) is 5.22. The Kier molecular flexibility index (Phi) is 5.62. The summed E-state index contributed by atoms with van der Waals surface area (Å²) in [5, 5.41) is 0. The van der Waals surface area contributed by atoms with Crippen molar-refractivity contribution in [3.8, 4) is 0 Å². The standard InChI is InChI=1S/C6H8N2O2S.Y/c1-10-5(9)2-4-3-7-6(11)8-4;/h3H,2H2,1H3,(H2,7,8,11);/p-1. The molecule has 0 aliphatic heterocycles. The third-order valence-corrected chi connectivity index (χ3v) is 1.38. The van der Waals surface area contributed by atoms with Crippen LogP contribution in [0, 0.1) is 4.77 Å². The van der Waals surface area contributed by atoms with Gasteiger partial charge in [-0.25, -0.2) is 0 Å². The summed E-state index contributed by atoms with van der Waals surface area (Å²) in [6, 6.07) is 0. The van der Waals surface area contributed by atoms with Crippen molar-refractivity contribution in [1.82, 2.24) is 9.97 Å². The Balaban J connectivity index is 0.00000121. The summed E-state index contributed by atoms with van der Waals surface area (Å²) in [5.41, 5.74) is 0.682. The maximum atomic E-state index is 10.7. The molecule has 1 rings (SSSR count). The van der Waals surface area contributed by atoms with Crippen LogP contribution in [0.5, 0.6) is 0 Å². The zero-order valence-corrected chi connectivity index (χ0v) is 10.2. The Hall–Kier alpha value is 0.00390. The van der Waals surface area contributed by atoms with Crippen molar-refractivity contribution in [2.24, 2.45) is 0 Å². The maximum absolute atomic E-state index is 10.7. The van der Waals surface area contributed by atoms with Crippen molar-refractivity contribution >= 4 is 18.2 Å². The minimum atomic E-state index is -0.302. The van der Waals surface area contributed by atoms with E-state index >= 15 is 0 Å². The molecule has 0 aromatic carbocycles. The van der Waals surface area contributed by atoms with E-state index in [4.69, 9.17) is 12.2 Å². The summed E-state index contributed by atoms with van der Waals surface area (Å²) < 4.78 is 4.84. The Morgan fingerprint density at radius 3 is 2.92 bits per heavy atom. The minimum Gasteiger partial charge on any atom is -0.469 e. The molecule has 0 saturated carbocycles. The van der Waals surface area contributed by atoms with Gasteiger partial charge in [-0.2, -0.15) is 0 Å². The van der Waals surface area contributed by atoms with E-state index in [0.717, 1.165) is 0 Å². The number of aromatic nitrogens is 2. The predicted molar refractivity (Wildman–Crippen MR) is 40.7 cm³/mol. The molecule has 0 atom stereocenters. The van der Waals surface area contributed by atoms with Gasteiger partial charge >= 0.3 is 5.97 Å². The second-order valence-corrected chi connectivity index (χ2v) is 2.35. The van der Waals surface area contributed by atoms with Crippen molar-refractivity contribution in [2.45, 2.75) is 6.42 Å². The molecule has 1 aromatic rings. The molecule has 0 aliphatic carbocycles. The second-order valence-electron chi connectivity index (χ2n) is 1.97. The molecule has 0 saturated heterocycles. The summed E-state index contributed by atoms with van der Waals surface area (Å²) in [5.74, 6) is -0.302. The number of carbonyl (C=O) groups is 1. The van der Waals surface area contributed by atoms with Crippen LogP contribution in [-0.2, 0) is 48.7 Å². The number of imidazole rings is 1. The normalized spacial score (nSPS) is 8.75. The van der Waals surface area contributed by atoms with Crippen LogP contribution in [0.2, 0.25) is 0 Å². The SMILES string of the molecule is COC(=O)Cc1c[n-]c(=S)[nH]1.[Y]. The van der Waals surface area contributed by atoms with Crippen LogP contribution in [0.4, 0.5) is 0 Å². The second kappa shape index (κ2) is 5.62. The monoisotopic (exact) mass is 260 g/mol. The minimum absolute atomic E-state index is 0. The first-order valence-electron chi connectivity index (χ1n) is 3.00. The fourth-order valence-corrected chi connectivity index (χ4v) is 0.840. The third kappa shape index (κ3) is 3.60. The van der Waals surface area contributed by atoms with Gasteiger partial charge < -0.3 is 14.7 Å². The van der Waals surface area contributed by atoms with Crippen molar-refractivity contribution in [2.75, 3.05) is 7.11 Å². The van der Waals surface area contributed by atoms with Gasteiger partial charge in [-0.1, -0.05) is 24.1 Å². The number of aromatic amines is 1. The van der Waals surface area contributed by atoms with Gasteiger partial charge in [-0.15, -0.1) is 0 Å². The molecule has 0 aliphatic rings. The van der Waals surface area contributed by atoms with Crippen molar-refractivity contribution < 1.29 is 42.2 Å². The van der Waals surface area contributed by atoms with Crippen molar-refractivity contribution in [1.29, 1.82) is 0 Å². The van der Waals surface area contributed by atoms with Gasteiger partial charge in [0.25, 0.3) is 0 Å². The number of methoxy groups -OCH3 is 1. The molecule has 12 heavy (non-hydrogen) atoms. The average molecular weight is 260 g/mol. The van der Waals surface area contributed by atoms with Gasteiger partial charge in [0.05, 0.1) is 13.5 Å². The van der Waals surface area contributed by atoms with Crippen LogP contribution in [0.3, 0.4) is 0 Å². The van der Waals surface area contributed by atoms with Gasteiger partial charge in [-0.05, 0) is 0 Å². The molecule has 1 radical (unpaired) electrons. The topological polar surface area (TPSA) is 56.2 Å². The number of H-pyrrole nitrogens is 1. The van der Waals surface area contributed by atoms with E-state index in [2.05, 4.69) is 14.7 Å². The molecule has 0 amide bonds. The average Bonchev–Trinajstić information content (AvgIpc) is 2.35. The summed E-state index contributed by atoms with van der Waals surface area (Å²) >= 11 is 4.70. The summed E-state index contributed by atoms with van der Waals surface area (Å²) in [4.78, 5) is 17.2. The van der Waals surface area contributed by atoms with Gasteiger partial charge in [0.1, 0.15) is 0 Å². The van der Waals surface area contributed by atoms with Crippen LogP contribution in [-0.4, -0.2) is 18.1 Å². The molecular weight excluding hydrogens is 253 g/mol. The molecular formula is C6H7N2O2SY-. The quantitative estimate of drug-likeness (QED) is 0.618. The molecule has 1 aromatic heterocycles. The number of hydrogen-bond acceptors (Lipinski definition) is 3. The molecule has 6 heteroatoms. The molecule has 0 unspecified atom stereocenters. The zero-order chi connectivity index (χ0) is 8.27. The van der Waals surface area contributed by atoms with Crippen LogP contribution in [0.1, 0.15) is 5.69 Å². The largest absolute Gasteiger partial charge is 0.469 e. The number of hydrogen-bond donors (Lipinski definition) is 1. The van der Waals surface area contributed by atoms with Crippen LogP contribution < -0.4 is 4.98 Å².